The molecule has 0 aromatic heterocycles. The Morgan fingerprint density at radius 3 is 2.80 bits per heavy atom. The zero-order chi connectivity index (χ0) is 14.8. The van der Waals surface area contributed by atoms with Gasteiger partial charge in [0.2, 0.25) is 0 Å². The van der Waals surface area contributed by atoms with Crippen molar-refractivity contribution in [2.45, 2.75) is 51.3 Å². The lowest BCUT2D eigenvalue weighted by Gasteiger charge is -2.40. The van der Waals surface area contributed by atoms with Crippen LogP contribution in [0.4, 0.5) is 5.69 Å². The fourth-order valence-electron chi connectivity index (χ4n) is 2.84. The number of hydrogen-bond acceptors (Lipinski definition) is 3. The molecular weight excluding hydrogens is 264 g/mol. The van der Waals surface area contributed by atoms with Gasteiger partial charge in [0, 0.05) is 35.3 Å². The second-order valence-electron chi connectivity index (χ2n) is 6.53. The Bertz CT molecular complexity index is 456. The summed E-state index contributed by atoms with van der Waals surface area (Å²) in [6.45, 7) is 11.3. The molecule has 0 amide bonds. The van der Waals surface area contributed by atoms with Gasteiger partial charge in [-0.3, -0.25) is 0 Å². The molecule has 1 atom stereocenters. The van der Waals surface area contributed by atoms with E-state index in [1.165, 1.54) is 22.6 Å². The molecule has 1 saturated heterocycles. The molecule has 0 radical (unpaired) electrons. The van der Waals surface area contributed by atoms with E-state index in [2.05, 4.69) is 62.6 Å². The Hall–Kier alpha value is -0.670. The lowest BCUT2D eigenvalue weighted by atomic mass is 9.99. The van der Waals surface area contributed by atoms with Gasteiger partial charge >= 0.3 is 0 Å². The summed E-state index contributed by atoms with van der Waals surface area (Å²) < 4.78 is 0.341. The summed E-state index contributed by atoms with van der Waals surface area (Å²) in [6.07, 6.45) is 2.02. The van der Waals surface area contributed by atoms with E-state index in [9.17, 15) is 0 Å². The molecule has 0 bridgehead atoms. The van der Waals surface area contributed by atoms with Crippen LogP contribution in [0, 0.1) is 6.92 Å². The SMILES string of the molecule is CCC(N)Cc1cc(C)ccc1N1CCSC(C)(C)C1. The number of hydrogen-bond donors (Lipinski definition) is 1. The summed E-state index contributed by atoms with van der Waals surface area (Å²) in [6, 6.07) is 7.10. The molecule has 112 valence electrons. The van der Waals surface area contributed by atoms with Gasteiger partial charge in [-0.1, -0.05) is 24.6 Å². The third kappa shape index (κ3) is 3.92. The molecule has 0 spiro atoms. The van der Waals surface area contributed by atoms with Crippen LogP contribution >= 0.6 is 11.8 Å². The molecule has 0 saturated carbocycles. The minimum Gasteiger partial charge on any atom is -0.369 e. The first-order valence-corrected chi connectivity index (χ1v) is 8.64. The Kier molecular flexibility index (Phi) is 5.03. The summed E-state index contributed by atoms with van der Waals surface area (Å²) >= 11 is 2.08. The third-order valence-corrected chi connectivity index (χ3v) is 5.31. The molecule has 20 heavy (non-hydrogen) atoms. The van der Waals surface area contributed by atoms with Gasteiger partial charge in [-0.05, 0) is 45.2 Å². The van der Waals surface area contributed by atoms with Gasteiger partial charge in [0.05, 0.1) is 0 Å². The summed E-state index contributed by atoms with van der Waals surface area (Å²) in [7, 11) is 0. The Labute approximate surface area is 128 Å². The molecule has 2 rings (SSSR count). The van der Waals surface area contributed by atoms with Crippen molar-refractivity contribution in [1.82, 2.24) is 0 Å². The van der Waals surface area contributed by atoms with Crippen molar-refractivity contribution < 1.29 is 0 Å². The van der Waals surface area contributed by atoms with E-state index in [0.717, 1.165) is 25.9 Å². The molecule has 1 heterocycles. The van der Waals surface area contributed by atoms with Gasteiger partial charge < -0.3 is 10.6 Å². The number of thioether (sulfide) groups is 1. The van der Waals surface area contributed by atoms with Crippen molar-refractivity contribution in [3.63, 3.8) is 0 Å². The number of nitrogens with two attached hydrogens (primary N) is 1. The van der Waals surface area contributed by atoms with Gasteiger partial charge in [-0.2, -0.15) is 11.8 Å². The second kappa shape index (κ2) is 6.40. The van der Waals surface area contributed by atoms with Crippen LogP contribution in [0.25, 0.3) is 0 Å². The minimum atomic E-state index is 0.266. The number of aryl methyl sites for hydroxylation is 1. The summed E-state index contributed by atoms with van der Waals surface area (Å²) in [4.78, 5) is 2.55. The monoisotopic (exact) mass is 292 g/mol. The van der Waals surface area contributed by atoms with E-state index in [-0.39, 0.29) is 6.04 Å². The standard InChI is InChI=1S/C17H28N2S/c1-5-15(18)11-14-10-13(2)6-7-16(14)19-8-9-20-17(3,4)12-19/h6-7,10,15H,5,8-9,11-12,18H2,1-4H3. The number of nitrogens with zero attached hydrogens (tertiary/aromatic N) is 1. The van der Waals surface area contributed by atoms with Gasteiger partial charge in [0.15, 0.2) is 0 Å². The molecule has 1 fully saturated rings. The average Bonchev–Trinajstić information content (AvgIpc) is 2.37. The predicted molar refractivity (Wildman–Crippen MR) is 91.9 cm³/mol. The summed E-state index contributed by atoms with van der Waals surface area (Å²) in [5.41, 5.74) is 10.3. The molecule has 2 nitrogen and oxygen atoms in total. The van der Waals surface area contributed by atoms with Crippen molar-refractivity contribution >= 4 is 17.4 Å². The summed E-state index contributed by atoms with van der Waals surface area (Å²) in [5.74, 6) is 1.21. The van der Waals surface area contributed by atoms with E-state index in [1.54, 1.807) is 0 Å². The molecule has 1 aliphatic rings. The topological polar surface area (TPSA) is 29.3 Å². The normalized spacial score (nSPS) is 19.9. The molecule has 0 aliphatic carbocycles. The third-order valence-electron chi connectivity index (χ3n) is 4.01. The summed E-state index contributed by atoms with van der Waals surface area (Å²) in [5, 5.41) is 0. The van der Waals surface area contributed by atoms with Crippen LogP contribution in [0.15, 0.2) is 18.2 Å². The van der Waals surface area contributed by atoms with Crippen molar-refractivity contribution in [1.29, 1.82) is 0 Å². The Morgan fingerprint density at radius 1 is 1.40 bits per heavy atom. The predicted octanol–water partition coefficient (Wildman–Crippen LogP) is 3.61. The maximum atomic E-state index is 6.18. The quantitative estimate of drug-likeness (QED) is 0.919. The van der Waals surface area contributed by atoms with Crippen LogP contribution in [0.5, 0.6) is 0 Å². The molecule has 2 N–H and O–H groups in total. The highest BCUT2D eigenvalue weighted by atomic mass is 32.2. The molecule has 1 aromatic rings. The molecule has 1 aliphatic heterocycles. The first kappa shape index (κ1) is 15.7. The van der Waals surface area contributed by atoms with E-state index in [1.807, 2.05) is 0 Å². The highest BCUT2D eigenvalue weighted by molar-refractivity contribution is 8.00. The molecular formula is C17H28N2S. The van der Waals surface area contributed by atoms with Gasteiger partial charge in [0.1, 0.15) is 0 Å². The maximum absolute atomic E-state index is 6.18. The fraction of sp³-hybridized carbons (Fsp3) is 0.647. The first-order chi connectivity index (χ1) is 9.41. The van der Waals surface area contributed by atoms with E-state index in [4.69, 9.17) is 5.73 Å². The zero-order valence-corrected chi connectivity index (χ0v) is 14.1. The molecule has 1 aromatic carbocycles. The molecule has 3 heteroatoms. The Balaban J connectivity index is 2.26. The van der Waals surface area contributed by atoms with Gasteiger partial charge in [0.25, 0.3) is 0 Å². The number of benzene rings is 1. The van der Waals surface area contributed by atoms with Crippen LogP contribution in [0.1, 0.15) is 38.3 Å². The van der Waals surface area contributed by atoms with Gasteiger partial charge in [-0.25, -0.2) is 0 Å². The minimum absolute atomic E-state index is 0.266. The van der Waals surface area contributed by atoms with E-state index >= 15 is 0 Å². The maximum Gasteiger partial charge on any atom is 0.0400 e. The smallest absolute Gasteiger partial charge is 0.0400 e. The van der Waals surface area contributed by atoms with Crippen molar-refractivity contribution in [3.05, 3.63) is 29.3 Å². The lowest BCUT2D eigenvalue weighted by Crippen LogP contribution is -2.43. The van der Waals surface area contributed by atoms with Crippen LogP contribution in [0.2, 0.25) is 0 Å². The molecule has 1 unspecified atom stereocenters. The van der Waals surface area contributed by atoms with Crippen LogP contribution in [-0.4, -0.2) is 29.6 Å². The Morgan fingerprint density at radius 2 is 2.15 bits per heavy atom. The first-order valence-electron chi connectivity index (χ1n) is 7.65. The van der Waals surface area contributed by atoms with E-state index < -0.39 is 0 Å². The van der Waals surface area contributed by atoms with Crippen molar-refractivity contribution in [3.8, 4) is 0 Å². The van der Waals surface area contributed by atoms with Crippen LogP contribution in [-0.2, 0) is 6.42 Å². The number of rotatable bonds is 4. The lowest BCUT2D eigenvalue weighted by molar-refractivity contribution is 0.628. The van der Waals surface area contributed by atoms with Crippen LogP contribution in [0.3, 0.4) is 0 Å². The van der Waals surface area contributed by atoms with Crippen molar-refractivity contribution in [2.24, 2.45) is 5.73 Å². The largest absolute Gasteiger partial charge is 0.369 e. The number of anilines is 1. The highest BCUT2D eigenvalue weighted by Crippen LogP contribution is 2.34. The second-order valence-corrected chi connectivity index (χ2v) is 8.34. The van der Waals surface area contributed by atoms with E-state index in [0.29, 0.717) is 4.75 Å². The van der Waals surface area contributed by atoms with Crippen molar-refractivity contribution in [2.75, 3.05) is 23.7 Å². The average molecular weight is 292 g/mol. The fourth-order valence-corrected chi connectivity index (χ4v) is 3.95. The van der Waals surface area contributed by atoms with Crippen LogP contribution < -0.4 is 10.6 Å². The zero-order valence-electron chi connectivity index (χ0n) is 13.3. The van der Waals surface area contributed by atoms with Gasteiger partial charge in [-0.15, -0.1) is 0 Å². The highest BCUT2D eigenvalue weighted by Gasteiger charge is 2.28.